The van der Waals surface area contributed by atoms with Gasteiger partial charge in [-0.3, -0.25) is 4.98 Å². The van der Waals surface area contributed by atoms with Crippen molar-refractivity contribution in [2.75, 3.05) is 0 Å². The van der Waals surface area contributed by atoms with Crippen LogP contribution in [-0.4, -0.2) is 19.9 Å². The van der Waals surface area contributed by atoms with Gasteiger partial charge >= 0.3 is 0 Å². The van der Waals surface area contributed by atoms with Crippen LogP contribution in [0.5, 0.6) is 0 Å². The van der Waals surface area contributed by atoms with Crippen LogP contribution in [-0.2, 0) is 0 Å². The molecular weight excluding hydrogens is 271 g/mol. The summed E-state index contributed by atoms with van der Waals surface area (Å²) in [5, 5.41) is 0.978. The Labute approximate surface area is 113 Å². The Balaban J connectivity index is 2.16. The first-order valence-electron chi connectivity index (χ1n) is 5.27. The Bertz CT molecular complexity index is 680. The molecule has 4 nitrogen and oxygen atoms in total. The third kappa shape index (κ3) is 1.94. The number of aromatic amines is 1. The van der Waals surface area contributed by atoms with Crippen molar-refractivity contribution in [1.29, 1.82) is 0 Å². The summed E-state index contributed by atoms with van der Waals surface area (Å²) >= 11 is 11.9. The normalized spacial score (nSPS) is 11.1. The van der Waals surface area contributed by atoms with Gasteiger partial charge in [0.1, 0.15) is 5.69 Å². The quantitative estimate of drug-likeness (QED) is 0.740. The van der Waals surface area contributed by atoms with Crippen molar-refractivity contribution in [2.24, 2.45) is 0 Å². The van der Waals surface area contributed by atoms with Crippen LogP contribution in [0.15, 0.2) is 24.5 Å². The maximum atomic E-state index is 5.96. The maximum absolute atomic E-state index is 5.96. The molecule has 1 aromatic carbocycles. The summed E-state index contributed by atoms with van der Waals surface area (Å²) in [6.45, 7) is 1.88. The zero-order chi connectivity index (χ0) is 12.7. The highest BCUT2D eigenvalue weighted by Crippen LogP contribution is 2.28. The summed E-state index contributed by atoms with van der Waals surface area (Å²) in [5.74, 6) is 0.649. The second-order valence-electron chi connectivity index (χ2n) is 3.91. The van der Waals surface area contributed by atoms with Gasteiger partial charge < -0.3 is 4.98 Å². The number of fused-ring (bicyclic) bond motifs is 1. The standard InChI is InChI=1S/C12H8Cl2N4/c1-6-4-16-11(5-15-6)12-17-9-2-7(13)8(14)3-10(9)18-12/h2-5H,1H3,(H,17,18). The van der Waals surface area contributed by atoms with Crippen molar-refractivity contribution >= 4 is 34.2 Å². The molecule has 0 fully saturated rings. The second kappa shape index (κ2) is 4.23. The van der Waals surface area contributed by atoms with Gasteiger partial charge in [0.05, 0.1) is 33.0 Å². The average Bonchev–Trinajstić information content (AvgIpc) is 2.73. The molecule has 0 saturated heterocycles. The number of imidazole rings is 1. The van der Waals surface area contributed by atoms with Gasteiger partial charge in [0.2, 0.25) is 0 Å². The Morgan fingerprint density at radius 2 is 1.83 bits per heavy atom. The second-order valence-corrected chi connectivity index (χ2v) is 4.73. The van der Waals surface area contributed by atoms with Crippen molar-refractivity contribution in [2.45, 2.75) is 6.92 Å². The van der Waals surface area contributed by atoms with E-state index in [0.29, 0.717) is 21.6 Å². The fourth-order valence-corrected chi connectivity index (χ4v) is 1.96. The van der Waals surface area contributed by atoms with Crippen molar-refractivity contribution in [3.63, 3.8) is 0 Å². The van der Waals surface area contributed by atoms with Crippen molar-refractivity contribution in [1.82, 2.24) is 19.9 Å². The highest BCUT2D eigenvalue weighted by Gasteiger charge is 2.09. The van der Waals surface area contributed by atoms with E-state index in [2.05, 4.69) is 19.9 Å². The molecule has 2 aromatic heterocycles. The van der Waals surface area contributed by atoms with E-state index in [1.165, 1.54) is 0 Å². The first kappa shape index (κ1) is 11.4. The molecule has 0 unspecified atom stereocenters. The molecule has 6 heteroatoms. The Kier molecular flexibility index (Phi) is 2.69. The lowest BCUT2D eigenvalue weighted by Crippen LogP contribution is -1.89. The van der Waals surface area contributed by atoms with E-state index in [0.717, 1.165) is 16.7 Å². The molecule has 0 bridgehead atoms. The zero-order valence-electron chi connectivity index (χ0n) is 9.41. The topological polar surface area (TPSA) is 54.5 Å². The first-order valence-corrected chi connectivity index (χ1v) is 6.03. The lowest BCUT2D eigenvalue weighted by Gasteiger charge is -1.94. The van der Waals surface area contributed by atoms with Gasteiger partial charge in [0, 0.05) is 6.20 Å². The van der Waals surface area contributed by atoms with Crippen LogP contribution in [0.1, 0.15) is 5.69 Å². The van der Waals surface area contributed by atoms with E-state index >= 15 is 0 Å². The van der Waals surface area contributed by atoms with Gasteiger partial charge in [-0.15, -0.1) is 0 Å². The molecular formula is C12H8Cl2N4. The number of rotatable bonds is 1. The number of halogens is 2. The predicted octanol–water partition coefficient (Wildman–Crippen LogP) is 3.64. The minimum absolute atomic E-state index is 0.484. The average molecular weight is 279 g/mol. The number of nitrogens with one attached hydrogen (secondary N) is 1. The van der Waals surface area contributed by atoms with Gasteiger partial charge in [-0.2, -0.15) is 0 Å². The molecule has 0 atom stereocenters. The minimum Gasteiger partial charge on any atom is -0.337 e. The Morgan fingerprint density at radius 1 is 1.06 bits per heavy atom. The Hall–Kier alpha value is -1.65. The van der Waals surface area contributed by atoms with Gasteiger partial charge in [0.15, 0.2) is 5.82 Å². The van der Waals surface area contributed by atoms with E-state index in [4.69, 9.17) is 23.2 Å². The van der Waals surface area contributed by atoms with E-state index in [-0.39, 0.29) is 0 Å². The summed E-state index contributed by atoms with van der Waals surface area (Å²) in [5.41, 5.74) is 3.12. The van der Waals surface area contributed by atoms with Gasteiger partial charge in [0.25, 0.3) is 0 Å². The van der Waals surface area contributed by atoms with Crippen LogP contribution in [0.25, 0.3) is 22.6 Å². The molecule has 0 amide bonds. The minimum atomic E-state index is 0.484. The van der Waals surface area contributed by atoms with Crippen LogP contribution >= 0.6 is 23.2 Å². The number of aromatic nitrogens is 4. The summed E-state index contributed by atoms with van der Waals surface area (Å²) in [7, 11) is 0. The summed E-state index contributed by atoms with van der Waals surface area (Å²) in [6.07, 6.45) is 3.37. The van der Waals surface area contributed by atoms with Crippen LogP contribution < -0.4 is 0 Å². The Morgan fingerprint density at radius 3 is 2.56 bits per heavy atom. The maximum Gasteiger partial charge on any atom is 0.158 e. The fourth-order valence-electron chi connectivity index (χ4n) is 1.64. The molecule has 18 heavy (non-hydrogen) atoms. The highest BCUT2D eigenvalue weighted by molar-refractivity contribution is 6.42. The predicted molar refractivity (Wildman–Crippen MR) is 71.9 cm³/mol. The van der Waals surface area contributed by atoms with Crippen LogP contribution in [0.4, 0.5) is 0 Å². The molecule has 90 valence electrons. The number of nitrogens with zero attached hydrogens (tertiary/aromatic N) is 3. The lowest BCUT2D eigenvalue weighted by atomic mass is 10.3. The van der Waals surface area contributed by atoms with E-state index in [1.54, 1.807) is 24.5 Å². The number of hydrogen-bond acceptors (Lipinski definition) is 3. The molecule has 3 rings (SSSR count). The van der Waals surface area contributed by atoms with Crippen LogP contribution in [0.3, 0.4) is 0 Å². The molecule has 0 aliphatic heterocycles. The van der Waals surface area contributed by atoms with Gasteiger partial charge in [-0.05, 0) is 19.1 Å². The number of hydrogen-bond donors (Lipinski definition) is 1. The largest absolute Gasteiger partial charge is 0.337 e. The monoisotopic (exact) mass is 278 g/mol. The van der Waals surface area contributed by atoms with E-state index in [9.17, 15) is 0 Å². The SMILES string of the molecule is Cc1cnc(-c2nc3cc(Cl)c(Cl)cc3[nH]2)cn1. The molecule has 1 N–H and O–H groups in total. The molecule has 0 radical (unpaired) electrons. The first-order chi connectivity index (χ1) is 8.63. The third-order valence-corrected chi connectivity index (χ3v) is 3.27. The van der Waals surface area contributed by atoms with Crippen molar-refractivity contribution < 1.29 is 0 Å². The van der Waals surface area contributed by atoms with Crippen LogP contribution in [0, 0.1) is 6.92 Å². The van der Waals surface area contributed by atoms with Crippen molar-refractivity contribution in [3.05, 3.63) is 40.3 Å². The summed E-state index contributed by atoms with van der Waals surface area (Å²) in [6, 6.07) is 3.47. The molecule has 0 aliphatic rings. The molecule has 0 saturated carbocycles. The third-order valence-electron chi connectivity index (χ3n) is 2.55. The number of H-pyrrole nitrogens is 1. The van der Waals surface area contributed by atoms with Gasteiger partial charge in [-0.25, -0.2) is 9.97 Å². The van der Waals surface area contributed by atoms with E-state index in [1.807, 2.05) is 6.92 Å². The number of aryl methyl sites for hydroxylation is 1. The van der Waals surface area contributed by atoms with Crippen LogP contribution in [0.2, 0.25) is 10.0 Å². The molecule has 0 aliphatic carbocycles. The highest BCUT2D eigenvalue weighted by atomic mass is 35.5. The summed E-state index contributed by atoms with van der Waals surface area (Å²) < 4.78 is 0. The lowest BCUT2D eigenvalue weighted by molar-refractivity contribution is 1.10. The van der Waals surface area contributed by atoms with E-state index < -0.39 is 0 Å². The van der Waals surface area contributed by atoms with Gasteiger partial charge in [-0.1, -0.05) is 23.2 Å². The smallest absolute Gasteiger partial charge is 0.158 e. The molecule has 2 heterocycles. The van der Waals surface area contributed by atoms with Crippen molar-refractivity contribution in [3.8, 4) is 11.5 Å². The molecule has 3 aromatic rings. The summed E-state index contributed by atoms with van der Waals surface area (Å²) in [4.78, 5) is 16.0. The zero-order valence-corrected chi connectivity index (χ0v) is 10.9. The fraction of sp³-hybridized carbons (Fsp3) is 0.0833. The molecule has 0 spiro atoms. The number of benzene rings is 1.